The van der Waals surface area contributed by atoms with E-state index in [9.17, 15) is 22.0 Å². The van der Waals surface area contributed by atoms with Crippen molar-refractivity contribution in [2.45, 2.75) is 12.8 Å². The van der Waals surface area contributed by atoms with Gasteiger partial charge in [0.25, 0.3) is 6.43 Å². The fourth-order valence-corrected chi connectivity index (χ4v) is 0.744. The molecule has 0 aliphatic rings. The van der Waals surface area contributed by atoms with Crippen LogP contribution in [0.25, 0.3) is 0 Å². The van der Waals surface area contributed by atoms with Crippen molar-refractivity contribution in [1.29, 1.82) is 0 Å². The topological polar surface area (TPSA) is 22.1 Å². The number of pyridine rings is 1. The molecule has 0 saturated carbocycles. The molecule has 0 amide bonds. The van der Waals surface area contributed by atoms with Crippen LogP contribution in [0.15, 0.2) is 18.5 Å². The van der Waals surface area contributed by atoms with Gasteiger partial charge < -0.3 is 4.74 Å². The molecule has 0 bridgehead atoms. The first-order valence-electron chi connectivity index (χ1n) is 3.37. The number of alkyl halides is 5. The van der Waals surface area contributed by atoms with Gasteiger partial charge in [0.05, 0.1) is 6.20 Å². The average molecular weight is 213 g/mol. The second-order valence-electron chi connectivity index (χ2n) is 2.30. The van der Waals surface area contributed by atoms with Crippen LogP contribution in [-0.2, 0) is 0 Å². The van der Waals surface area contributed by atoms with Gasteiger partial charge in [0, 0.05) is 11.8 Å². The molecular weight excluding hydrogens is 209 g/mol. The van der Waals surface area contributed by atoms with Crippen LogP contribution in [0, 0.1) is 0 Å². The summed E-state index contributed by atoms with van der Waals surface area (Å²) >= 11 is 0. The van der Waals surface area contributed by atoms with Crippen LogP contribution < -0.4 is 4.74 Å². The van der Waals surface area contributed by atoms with Gasteiger partial charge in [0.1, 0.15) is 5.75 Å². The van der Waals surface area contributed by atoms with Crippen LogP contribution in [0.4, 0.5) is 22.0 Å². The van der Waals surface area contributed by atoms with Crippen LogP contribution in [0.2, 0.25) is 0 Å². The Labute approximate surface area is 75.3 Å². The van der Waals surface area contributed by atoms with Gasteiger partial charge in [-0.2, -0.15) is 0 Å². The third kappa shape index (κ3) is 3.15. The van der Waals surface area contributed by atoms with E-state index in [-0.39, 0.29) is 0 Å². The minimum atomic E-state index is -4.90. The van der Waals surface area contributed by atoms with Crippen LogP contribution in [0.5, 0.6) is 5.75 Å². The number of halogens is 5. The molecule has 7 heteroatoms. The largest absolute Gasteiger partial charge is 0.573 e. The number of hydrogen-bond acceptors (Lipinski definition) is 2. The van der Waals surface area contributed by atoms with E-state index in [2.05, 4.69) is 9.72 Å². The smallest absolute Gasteiger partial charge is 0.404 e. The number of nitrogens with zero attached hydrogens (tertiary/aromatic N) is 1. The highest BCUT2D eigenvalue weighted by atomic mass is 19.4. The van der Waals surface area contributed by atoms with E-state index in [4.69, 9.17) is 0 Å². The molecule has 0 spiro atoms. The van der Waals surface area contributed by atoms with Crippen LogP contribution >= 0.6 is 0 Å². The molecule has 0 radical (unpaired) electrons. The Morgan fingerprint density at radius 1 is 1.21 bits per heavy atom. The Balaban J connectivity index is 2.84. The molecule has 0 fully saturated rings. The summed E-state index contributed by atoms with van der Waals surface area (Å²) in [7, 11) is 0. The molecule has 2 nitrogen and oxygen atoms in total. The van der Waals surface area contributed by atoms with E-state index in [1.807, 2.05) is 0 Å². The first-order chi connectivity index (χ1) is 6.38. The molecule has 0 aliphatic heterocycles. The van der Waals surface area contributed by atoms with Crippen LogP contribution in [-0.4, -0.2) is 11.3 Å². The normalized spacial score (nSPS) is 11.9. The lowest BCUT2D eigenvalue weighted by molar-refractivity contribution is -0.274. The fourth-order valence-electron chi connectivity index (χ4n) is 0.744. The van der Waals surface area contributed by atoms with Gasteiger partial charge in [-0.3, -0.25) is 4.98 Å². The average Bonchev–Trinajstić information content (AvgIpc) is 2.01. The lowest BCUT2D eigenvalue weighted by Gasteiger charge is -2.08. The van der Waals surface area contributed by atoms with Gasteiger partial charge in [-0.05, 0) is 6.07 Å². The molecule has 78 valence electrons. The first-order valence-corrected chi connectivity index (χ1v) is 3.37. The SMILES string of the molecule is FC(F)c1cncc(OC(F)(F)F)c1. The van der Waals surface area contributed by atoms with Crippen molar-refractivity contribution in [1.82, 2.24) is 4.98 Å². The highest BCUT2D eigenvalue weighted by Gasteiger charge is 2.31. The van der Waals surface area contributed by atoms with Gasteiger partial charge in [0.2, 0.25) is 0 Å². The summed E-state index contributed by atoms with van der Waals surface area (Å²) in [5.41, 5.74) is -0.619. The number of aromatic nitrogens is 1. The summed E-state index contributed by atoms with van der Waals surface area (Å²) in [5, 5.41) is 0. The van der Waals surface area contributed by atoms with Crippen LogP contribution in [0.1, 0.15) is 12.0 Å². The van der Waals surface area contributed by atoms with Crippen molar-refractivity contribution in [2.24, 2.45) is 0 Å². The summed E-state index contributed by atoms with van der Waals surface area (Å²) in [5.74, 6) is -0.754. The molecule has 1 rings (SSSR count). The van der Waals surface area contributed by atoms with Gasteiger partial charge >= 0.3 is 6.36 Å². The summed E-state index contributed by atoms with van der Waals surface area (Å²) in [6.45, 7) is 0. The molecule has 0 aliphatic carbocycles. The van der Waals surface area contributed by atoms with E-state index in [0.29, 0.717) is 12.3 Å². The van der Waals surface area contributed by atoms with Crippen LogP contribution in [0.3, 0.4) is 0 Å². The second kappa shape index (κ2) is 3.77. The molecule has 1 aromatic rings. The van der Waals surface area contributed by atoms with E-state index in [0.717, 1.165) is 6.20 Å². The van der Waals surface area contributed by atoms with Crippen molar-refractivity contribution < 1.29 is 26.7 Å². The molecule has 0 unspecified atom stereocenters. The van der Waals surface area contributed by atoms with Crippen molar-refractivity contribution >= 4 is 0 Å². The fraction of sp³-hybridized carbons (Fsp3) is 0.286. The van der Waals surface area contributed by atoms with E-state index < -0.39 is 24.1 Å². The third-order valence-electron chi connectivity index (χ3n) is 1.22. The lowest BCUT2D eigenvalue weighted by Crippen LogP contribution is -2.17. The van der Waals surface area contributed by atoms with Crippen molar-refractivity contribution in [3.05, 3.63) is 24.0 Å². The Kier molecular flexibility index (Phi) is 2.87. The number of hydrogen-bond donors (Lipinski definition) is 0. The summed E-state index contributed by atoms with van der Waals surface area (Å²) in [6, 6.07) is 0.588. The highest BCUT2D eigenvalue weighted by molar-refractivity contribution is 5.24. The lowest BCUT2D eigenvalue weighted by atomic mass is 10.3. The molecule has 14 heavy (non-hydrogen) atoms. The maximum absolute atomic E-state index is 12.0. The second-order valence-corrected chi connectivity index (χ2v) is 2.30. The molecule has 1 heterocycles. The maximum atomic E-state index is 12.0. The third-order valence-corrected chi connectivity index (χ3v) is 1.22. The molecule has 0 atom stereocenters. The zero-order valence-corrected chi connectivity index (χ0v) is 6.55. The number of rotatable bonds is 2. The van der Waals surface area contributed by atoms with Gasteiger partial charge in [-0.25, -0.2) is 8.78 Å². The Morgan fingerprint density at radius 2 is 1.86 bits per heavy atom. The minimum absolute atomic E-state index is 0.588. The van der Waals surface area contributed by atoms with E-state index in [1.165, 1.54) is 0 Å². The maximum Gasteiger partial charge on any atom is 0.573 e. The molecule has 1 aromatic heterocycles. The monoisotopic (exact) mass is 213 g/mol. The van der Waals surface area contributed by atoms with Gasteiger partial charge in [-0.1, -0.05) is 0 Å². The quantitative estimate of drug-likeness (QED) is 0.704. The van der Waals surface area contributed by atoms with Crippen molar-refractivity contribution in [2.75, 3.05) is 0 Å². The highest BCUT2D eigenvalue weighted by Crippen LogP contribution is 2.25. The van der Waals surface area contributed by atoms with E-state index >= 15 is 0 Å². The summed E-state index contributed by atoms with van der Waals surface area (Å²) < 4.78 is 62.3. The predicted octanol–water partition coefficient (Wildman–Crippen LogP) is 2.92. The summed E-state index contributed by atoms with van der Waals surface area (Å²) in [4.78, 5) is 3.19. The molecule has 0 saturated heterocycles. The molecule has 0 N–H and O–H groups in total. The van der Waals surface area contributed by atoms with Crippen molar-refractivity contribution in [3.63, 3.8) is 0 Å². The van der Waals surface area contributed by atoms with Crippen molar-refractivity contribution in [3.8, 4) is 5.75 Å². The number of ether oxygens (including phenoxy) is 1. The predicted molar refractivity (Wildman–Crippen MR) is 35.9 cm³/mol. The minimum Gasteiger partial charge on any atom is -0.404 e. The first kappa shape index (κ1) is 10.7. The zero-order chi connectivity index (χ0) is 10.8. The molecular formula is C7H4F5NO. The molecule has 0 aromatic carbocycles. The van der Waals surface area contributed by atoms with E-state index in [1.54, 1.807) is 0 Å². The summed E-state index contributed by atoms with van der Waals surface area (Å²) in [6.07, 6.45) is -6.30. The Bertz CT molecular complexity index is 311. The Hall–Kier alpha value is -1.40. The zero-order valence-electron chi connectivity index (χ0n) is 6.55. The van der Waals surface area contributed by atoms with Gasteiger partial charge in [-0.15, -0.1) is 13.2 Å². The van der Waals surface area contributed by atoms with Gasteiger partial charge in [0.15, 0.2) is 0 Å². The standard InChI is InChI=1S/C7H4F5NO/c8-6(9)4-1-5(3-13-2-4)14-7(10,11)12/h1-3,6H. The Morgan fingerprint density at radius 3 is 2.36 bits per heavy atom.